The van der Waals surface area contributed by atoms with Crippen LogP contribution in [0.15, 0.2) is 47.5 Å². The fraction of sp³-hybridized carbons (Fsp3) is 0. The molecule has 6 nitrogen and oxygen atoms in total. The first kappa shape index (κ1) is 13.2. The van der Waals surface area contributed by atoms with Crippen molar-refractivity contribution in [1.29, 1.82) is 5.26 Å². The molecular weight excluding hydrogens is 258 g/mol. The summed E-state index contributed by atoms with van der Waals surface area (Å²) in [6, 6.07) is 12.7. The van der Waals surface area contributed by atoms with Crippen molar-refractivity contribution in [2.75, 3.05) is 0 Å². The molecule has 0 aromatic heterocycles. The zero-order chi connectivity index (χ0) is 14.5. The summed E-state index contributed by atoms with van der Waals surface area (Å²) >= 11 is 0. The van der Waals surface area contributed by atoms with Gasteiger partial charge in [-0.25, -0.2) is 0 Å². The molecule has 0 aliphatic heterocycles. The number of nitrogens with zero attached hydrogens (tertiary/aromatic N) is 3. The molecule has 20 heavy (non-hydrogen) atoms. The summed E-state index contributed by atoms with van der Waals surface area (Å²) in [5, 5.41) is 29.1. The van der Waals surface area contributed by atoms with Crippen molar-refractivity contribution in [2.24, 2.45) is 4.99 Å². The number of nitro benzene ring substituents is 1. The number of phenolic OH excluding ortho intramolecular Hbond substituents is 1. The number of aromatic hydroxyl groups is 1. The second kappa shape index (κ2) is 5.63. The van der Waals surface area contributed by atoms with Gasteiger partial charge in [-0.15, -0.1) is 0 Å². The van der Waals surface area contributed by atoms with E-state index >= 15 is 0 Å². The molecule has 0 saturated heterocycles. The zero-order valence-electron chi connectivity index (χ0n) is 10.2. The Morgan fingerprint density at radius 1 is 1.25 bits per heavy atom. The standard InChI is InChI=1S/C14H9N3O3/c15-8-10-4-6-12(7-5-10)16-9-11-2-1-3-13(14(11)18)17(19)20/h1-7,9,18H. The zero-order valence-corrected chi connectivity index (χ0v) is 10.2. The van der Waals surface area contributed by atoms with Crippen LogP contribution in [0.25, 0.3) is 0 Å². The van der Waals surface area contributed by atoms with E-state index in [-0.39, 0.29) is 11.3 Å². The molecule has 0 amide bonds. The molecule has 6 heteroatoms. The average Bonchev–Trinajstić information content (AvgIpc) is 2.46. The first-order valence-electron chi connectivity index (χ1n) is 5.62. The minimum absolute atomic E-state index is 0.253. The molecule has 0 bridgehead atoms. The van der Waals surface area contributed by atoms with Crippen LogP contribution in [-0.4, -0.2) is 16.2 Å². The molecule has 2 rings (SSSR count). The lowest BCUT2D eigenvalue weighted by Crippen LogP contribution is -1.91. The largest absolute Gasteiger partial charge is 0.502 e. The highest BCUT2D eigenvalue weighted by Crippen LogP contribution is 2.28. The van der Waals surface area contributed by atoms with Gasteiger partial charge in [0.15, 0.2) is 0 Å². The van der Waals surface area contributed by atoms with Crippen molar-refractivity contribution in [3.05, 3.63) is 63.7 Å². The Bertz CT molecular complexity index is 715. The highest BCUT2D eigenvalue weighted by molar-refractivity contribution is 5.87. The molecular formula is C14H9N3O3. The summed E-state index contributed by atoms with van der Waals surface area (Å²) in [7, 11) is 0. The van der Waals surface area contributed by atoms with Crippen molar-refractivity contribution < 1.29 is 10.0 Å². The Morgan fingerprint density at radius 3 is 2.55 bits per heavy atom. The molecule has 0 unspecified atom stereocenters. The monoisotopic (exact) mass is 267 g/mol. The average molecular weight is 267 g/mol. The second-order valence-electron chi connectivity index (χ2n) is 3.89. The maximum absolute atomic E-state index is 10.7. The maximum Gasteiger partial charge on any atom is 0.311 e. The van der Waals surface area contributed by atoms with E-state index in [1.807, 2.05) is 6.07 Å². The van der Waals surface area contributed by atoms with Crippen LogP contribution < -0.4 is 0 Å². The Hall–Kier alpha value is -3.20. The van der Waals surface area contributed by atoms with Crippen LogP contribution >= 0.6 is 0 Å². The van der Waals surface area contributed by atoms with Crippen LogP contribution in [-0.2, 0) is 0 Å². The fourth-order valence-corrected chi connectivity index (χ4v) is 1.57. The number of nitriles is 1. The van der Waals surface area contributed by atoms with Gasteiger partial charge in [0, 0.05) is 17.8 Å². The number of phenols is 1. The van der Waals surface area contributed by atoms with Crippen LogP contribution in [0.2, 0.25) is 0 Å². The second-order valence-corrected chi connectivity index (χ2v) is 3.89. The smallest absolute Gasteiger partial charge is 0.311 e. The third kappa shape index (κ3) is 2.79. The Balaban J connectivity index is 2.29. The molecule has 1 N–H and O–H groups in total. The van der Waals surface area contributed by atoms with E-state index in [0.29, 0.717) is 11.3 Å². The number of hydrogen-bond donors (Lipinski definition) is 1. The molecule has 0 spiro atoms. The molecule has 0 aliphatic rings. The number of para-hydroxylation sites is 1. The summed E-state index contributed by atoms with van der Waals surface area (Å²) in [4.78, 5) is 14.1. The number of benzene rings is 2. The van der Waals surface area contributed by atoms with Crippen LogP contribution in [0.4, 0.5) is 11.4 Å². The Labute approximate surface area is 114 Å². The molecule has 0 saturated carbocycles. The van der Waals surface area contributed by atoms with Gasteiger partial charge >= 0.3 is 5.69 Å². The van der Waals surface area contributed by atoms with Gasteiger partial charge in [0.1, 0.15) is 0 Å². The summed E-state index contributed by atoms with van der Waals surface area (Å²) < 4.78 is 0. The predicted molar refractivity (Wildman–Crippen MR) is 73.2 cm³/mol. The first-order valence-corrected chi connectivity index (χ1v) is 5.62. The van der Waals surface area contributed by atoms with E-state index in [0.717, 1.165) is 0 Å². The van der Waals surface area contributed by atoms with E-state index in [2.05, 4.69) is 4.99 Å². The van der Waals surface area contributed by atoms with E-state index in [1.54, 1.807) is 24.3 Å². The Kier molecular flexibility index (Phi) is 3.72. The van der Waals surface area contributed by atoms with E-state index in [4.69, 9.17) is 5.26 Å². The van der Waals surface area contributed by atoms with Gasteiger partial charge in [-0.2, -0.15) is 5.26 Å². The summed E-state index contributed by atoms with van der Waals surface area (Å²) in [5.41, 5.74) is 0.981. The molecule has 0 fully saturated rings. The summed E-state index contributed by atoms with van der Waals surface area (Å²) in [5.74, 6) is -0.421. The van der Waals surface area contributed by atoms with Crippen LogP contribution in [0.3, 0.4) is 0 Å². The van der Waals surface area contributed by atoms with Crippen molar-refractivity contribution in [3.8, 4) is 11.8 Å². The van der Waals surface area contributed by atoms with Gasteiger partial charge in [0.05, 0.1) is 22.2 Å². The van der Waals surface area contributed by atoms with Gasteiger partial charge in [0.25, 0.3) is 0 Å². The van der Waals surface area contributed by atoms with Gasteiger partial charge in [-0.05, 0) is 30.3 Å². The quantitative estimate of drug-likeness (QED) is 0.525. The van der Waals surface area contributed by atoms with E-state index in [9.17, 15) is 15.2 Å². The third-order valence-corrected chi connectivity index (χ3v) is 2.59. The molecule has 98 valence electrons. The summed E-state index contributed by atoms with van der Waals surface area (Å²) in [6.07, 6.45) is 1.34. The van der Waals surface area contributed by atoms with E-state index in [1.165, 1.54) is 24.4 Å². The van der Waals surface area contributed by atoms with Gasteiger partial charge < -0.3 is 5.11 Å². The number of nitro groups is 1. The van der Waals surface area contributed by atoms with Crippen LogP contribution in [0, 0.1) is 21.4 Å². The minimum Gasteiger partial charge on any atom is -0.502 e. The lowest BCUT2D eigenvalue weighted by molar-refractivity contribution is -0.385. The predicted octanol–water partition coefficient (Wildman–Crippen LogP) is 2.92. The summed E-state index contributed by atoms with van der Waals surface area (Å²) in [6.45, 7) is 0. The normalized spacial score (nSPS) is 10.3. The van der Waals surface area contributed by atoms with Gasteiger partial charge in [-0.1, -0.05) is 6.07 Å². The maximum atomic E-state index is 10.7. The van der Waals surface area contributed by atoms with Crippen LogP contribution in [0.1, 0.15) is 11.1 Å². The molecule has 2 aromatic carbocycles. The first-order chi connectivity index (χ1) is 9.61. The Morgan fingerprint density at radius 2 is 1.95 bits per heavy atom. The lowest BCUT2D eigenvalue weighted by Gasteiger charge is -1.99. The molecule has 2 aromatic rings. The molecule has 0 radical (unpaired) electrons. The van der Waals surface area contributed by atoms with Crippen LogP contribution in [0.5, 0.6) is 5.75 Å². The highest BCUT2D eigenvalue weighted by atomic mass is 16.6. The lowest BCUT2D eigenvalue weighted by atomic mass is 10.2. The molecule has 0 atom stereocenters. The van der Waals surface area contributed by atoms with E-state index < -0.39 is 10.7 Å². The topological polar surface area (TPSA) is 99.5 Å². The molecule has 0 heterocycles. The minimum atomic E-state index is -0.658. The number of rotatable bonds is 3. The SMILES string of the molecule is N#Cc1ccc(N=Cc2cccc([N+](=O)[O-])c2O)cc1. The molecule has 0 aliphatic carbocycles. The van der Waals surface area contributed by atoms with Crippen molar-refractivity contribution in [3.63, 3.8) is 0 Å². The van der Waals surface area contributed by atoms with Gasteiger partial charge in [-0.3, -0.25) is 15.1 Å². The van der Waals surface area contributed by atoms with Crippen molar-refractivity contribution in [1.82, 2.24) is 0 Å². The van der Waals surface area contributed by atoms with Crippen molar-refractivity contribution in [2.45, 2.75) is 0 Å². The fourth-order valence-electron chi connectivity index (χ4n) is 1.57. The highest BCUT2D eigenvalue weighted by Gasteiger charge is 2.14. The van der Waals surface area contributed by atoms with Crippen molar-refractivity contribution >= 4 is 17.6 Å². The number of hydrogen-bond acceptors (Lipinski definition) is 5. The third-order valence-electron chi connectivity index (χ3n) is 2.59. The number of aliphatic imine (C=N–C) groups is 1. The van der Waals surface area contributed by atoms with Gasteiger partial charge in [0.2, 0.25) is 5.75 Å².